The van der Waals surface area contributed by atoms with Gasteiger partial charge in [0.15, 0.2) is 12.4 Å². The van der Waals surface area contributed by atoms with Crippen molar-refractivity contribution in [1.29, 1.82) is 0 Å². The van der Waals surface area contributed by atoms with Gasteiger partial charge in [-0.2, -0.15) is 0 Å². The molecule has 2 aromatic rings. The lowest BCUT2D eigenvalue weighted by Crippen LogP contribution is -2.43. The molecule has 0 bridgehead atoms. The Bertz CT molecular complexity index is 876. The van der Waals surface area contributed by atoms with Crippen LogP contribution in [0.25, 0.3) is 0 Å². The molecule has 0 saturated carbocycles. The largest absolute Gasteiger partial charge is 0.484 e. The third kappa shape index (κ3) is 3.75. The number of nitrogens with one attached hydrogen (secondary N) is 2. The summed E-state index contributed by atoms with van der Waals surface area (Å²) in [4.78, 5) is 24.5. The number of carbonyl (C=O) groups is 2. The van der Waals surface area contributed by atoms with E-state index in [0.29, 0.717) is 5.75 Å². The molecule has 0 radical (unpaired) electrons. The van der Waals surface area contributed by atoms with Gasteiger partial charge in [-0.15, -0.1) is 23.5 Å². The van der Waals surface area contributed by atoms with Crippen LogP contribution >= 0.6 is 23.5 Å². The first-order chi connectivity index (χ1) is 13.6. The Morgan fingerprint density at radius 2 is 1.93 bits per heavy atom. The number of rotatable bonds is 4. The zero-order valence-corrected chi connectivity index (χ0v) is 17.2. The second-order valence-corrected chi connectivity index (χ2v) is 9.81. The van der Waals surface area contributed by atoms with Gasteiger partial charge >= 0.3 is 5.91 Å². The lowest BCUT2D eigenvalue weighted by molar-refractivity contribution is -0.123. The molecule has 0 atom stereocenters. The molecule has 8 heteroatoms. The van der Waals surface area contributed by atoms with E-state index in [9.17, 15) is 9.59 Å². The first-order valence-electron chi connectivity index (χ1n) is 9.27. The fourth-order valence-electron chi connectivity index (χ4n) is 3.70. The summed E-state index contributed by atoms with van der Waals surface area (Å²) in [5, 5.41) is 0. The standard InChI is InChI=1S/C20H22N2O4S2/c1-13-17-15(8-5-9-20(17)27-10-11-28-20)26-18(13)19(24)22-21-16(23)12-25-14-6-3-2-4-7-14/h2-4,6-7H,5,8-12H2,1H3,(H,21,23)(H,22,24). The number of hydrogen-bond donors (Lipinski definition) is 2. The normalized spacial score (nSPS) is 17.2. The van der Waals surface area contributed by atoms with Crippen LogP contribution in [-0.2, 0) is 15.3 Å². The molecule has 1 aliphatic heterocycles. The first kappa shape index (κ1) is 19.3. The van der Waals surface area contributed by atoms with Crippen LogP contribution in [-0.4, -0.2) is 29.9 Å². The van der Waals surface area contributed by atoms with E-state index in [2.05, 4.69) is 10.9 Å². The minimum absolute atomic E-state index is 0.0203. The van der Waals surface area contributed by atoms with E-state index in [1.54, 1.807) is 12.1 Å². The molecule has 2 heterocycles. The van der Waals surface area contributed by atoms with E-state index >= 15 is 0 Å². The minimum atomic E-state index is -0.442. The summed E-state index contributed by atoms with van der Waals surface area (Å²) < 4.78 is 11.3. The molecule has 2 amide bonds. The topological polar surface area (TPSA) is 80.6 Å². The highest BCUT2D eigenvalue weighted by atomic mass is 32.2. The Labute approximate surface area is 172 Å². The van der Waals surface area contributed by atoms with E-state index in [1.165, 1.54) is 5.56 Å². The van der Waals surface area contributed by atoms with E-state index in [-0.39, 0.29) is 16.4 Å². The molecular weight excluding hydrogens is 396 g/mol. The van der Waals surface area contributed by atoms with Crippen molar-refractivity contribution < 1.29 is 18.7 Å². The highest BCUT2D eigenvalue weighted by Crippen LogP contribution is 2.59. The van der Waals surface area contributed by atoms with Gasteiger partial charge < -0.3 is 9.15 Å². The van der Waals surface area contributed by atoms with Gasteiger partial charge in [-0.3, -0.25) is 20.4 Å². The highest BCUT2D eigenvalue weighted by Gasteiger charge is 2.45. The Balaban J connectivity index is 1.39. The van der Waals surface area contributed by atoms with Crippen LogP contribution in [0, 0.1) is 6.92 Å². The number of aryl methyl sites for hydroxylation is 1. The number of fused-ring (bicyclic) bond motifs is 2. The summed E-state index contributed by atoms with van der Waals surface area (Å²) in [6.07, 6.45) is 3.02. The molecule has 2 N–H and O–H groups in total. The summed E-state index contributed by atoms with van der Waals surface area (Å²) in [5.41, 5.74) is 6.88. The summed E-state index contributed by atoms with van der Waals surface area (Å²) in [7, 11) is 0. The van der Waals surface area contributed by atoms with Crippen LogP contribution in [0.5, 0.6) is 5.75 Å². The number of amides is 2. The van der Waals surface area contributed by atoms with Crippen LogP contribution in [0.15, 0.2) is 34.7 Å². The number of hydrogen-bond acceptors (Lipinski definition) is 6. The summed E-state index contributed by atoms with van der Waals surface area (Å²) in [5.74, 6) is 3.14. The molecule has 1 fully saturated rings. The fraction of sp³-hybridized carbons (Fsp3) is 0.400. The maximum atomic E-state index is 12.6. The van der Waals surface area contributed by atoms with E-state index < -0.39 is 11.8 Å². The molecule has 1 aliphatic carbocycles. The number of carbonyl (C=O) groups excluding carboxylic acids is 2. The Morgan fingerprint density at radius 3 is 2.68 bits per heavy atom. The quantitative estimate of drug-likeness (QED) is 0.741. The highest BCUT2D eigenvalue weighted by molar-refractivity contribution is 8.20. The second-order valence-electron chi connectivity index (χ2n) is 6.76. The minimum Gasteiger partial charge on any atom is -0.484 e. The number of ether oxygens (including phenoxy) is 1. The van der Waals surface area contributed by atoms with Crippen LogP contribution < -0.4 is 15.6 Å². The van der Waals surface area contributed by atoms with Gasteiger partial charge in [-0.25, -0.2) is 0 Å². The van der Waals surface area contributed by atoms with Crippen molar-refractivity contribution in [3.63, 3.8) is 0 Å². The predicted octanol–water partition coefficient (Wildman–Crippen LogP) is 3.40. The Kier molecular flexibility index (Phi) is 5.59. The van der Waals surface area contributed by atoms with Crippen LogP contribution in [0.4, 0.5) is 0 Å². The molecule has 1 aromatic heterocycles. The van der Waals surface area contributed by atoms with Gasteiger partial charge in [0.2, 0.25) is 0 Å². The van der Waals surface area contributed by atoms with Crippen molar-refractivity contribution in [2.75, 3.05) is 18.1 Å². The predicted molar refractivity (Wildman–Crippen MR) is 111 cm³/mol. The average Bonchev–Trinajstić information content (AvgIpc) is 3.31. The number of hydrazine groups is 1. The summed E-state index contributed by atoms with van der Waals surface area (Å²) in [6, 6.07) is 9.04. The van der Waals surface area contributed by atoms with Gasteiger partial charge in [-0.05, 0) is 31.9 Å². The van der Waals surface area contributed by atoms with Crippen LogP contribution in [0.1, 0.15) is 40.3 Å². The number of benzene rings is 1. The maximum Gasteiger partial charge on any atom is 0.305 e. The third-order valence-electron chi connectivity index (χ3n) is 4.90. The van der Waals surface area contributed by atoms with Gasteiger partial charge in [0.25, 0.3) is 5.91 Å². The van der Waals surface area contributed by atoms with Crippen LogP contribution in [0.3, 0.4) is 0 Å². The van der Waals surface area contributed by atoms with Crippen molar-refractivity contribution in [3.8, 4) is 5.75 Å². The number of furan rings is 1. The molecule has 1 aromatic carbocycles. The number of para-hydroxylation sites is 1. The summed E-state index contributed by atoms with van der Waals surface area (Å²) >= 11 is 3.91. The smallest absolute Gasteiger partial charge is 0.305 e. The first-order valence-corrected chi connectivity index (χ1v) is 11.2. The van der Waals surface area contributed by atoms with Crippen LogP contribution in [0.2, 0.25) is 0 Å². The van der Waals surface area contributed by atoms with Gasteiger partial charge in [-0.1, -0.05) is 18.2 Å². The molecule has 2 aliphatic rings. The van der Waals surface area contributed by atoms with Crippen molar-refractivity contribution in [2.45, 2.75) is 30.3 Å². The molecule has 6 nitrogen and oxygen atoms in total. The maximum absolute atomic E-state index is 12.6. The Hall–Kier alpha value is -2.06. The fourth-order valence-corrected chi connectivity index (χ4v) is 7.26. The van der Waals surface area contributed by atoms with Crippen molar-refractivity contribution in [3.05, 3.63) is 53.0 Å². The number of thioether (sulfide) groups is 2. The lowest BCUT2D eigenvalue weighted by atomic mass is 9.94. The van der Waals surface area contributed by atoms with Crippen molar-refractivity contribution >= 4 is 35.3 Å². The lowest BCUT2D eigenvalue weighted by Gasteiger charge is -2.31. The van der Waals surface area contributed by atoms with Gasteiger partial charge in [0.1, 0.15) is 11.5 Å². The SMILES string of the molecule is Cc1c(C(=O)NNC(=O)COc2ccccc2)oc2c1C1(CCC2)SCCS1. The van der Waals surface area contributed by atoms with Gasteiger partial charge in [0, 0.05) is 29.1 Å². The van der Waals surface area contributed by atoms with Crippen molar-refractivity contribution in [1.82, 2.24) is 10.9 Å². The third-order valence-corrected chi connectivity index (χ3v) is 8.43. The molecule has 1 spiro atoms. The zero-order chi connectivity index (χ0) is 19.6. The van der Waals surface area contributed by atoms with E-state index in [4.69, 9.17) is 9.15 Å². The summed E-state index contributed by atoms with van der Waals surface area (Å²) in [6.45, 7) is 1.75. The Morgan fingerprint density at radius 1 is 1.18 bits per heavy atom. The molecular formula is C20H22N2O4S2. The monoisotopic (exact) mass is 418 g/mol. The van der Waals surface area contributed by atoms with E-state index in [0.717, 1.165) is 42.1 Å². The molecule has 28 heavy (non-hydrogen) atoms. The molecule has 148 valence electrons. The average molecular weight is 419 g/mol. The van der Waals surface area contributed by atoms with Crippen molar-refractivity contribution in [2.24, 2.45) is 0 Å². The van der Waals surface area contributed by atoms with Gasteiger partial charge in [0.05, 0.1) is 4.08 Å². The van der Waals surface area contributed by atoms with E-state index in [1.807, 2.05) is 48.6 Å². The molecule has 1 saturated heterocycles. The second kappa shape index (κ2) is 8.13. The molecule has 0 unspecified atom stereocenters. The zero-order valence-electron chi connectivity index (χ0n) is 15.6. The molecule has 4 rings (SSSR count).